The number of aromatic nitrogens is 2. The highest BCUT2D eigenvalue weighted by molar-refractivity contribution is 8.00. The fourth-order valence-corrected chi connectivity index (χ4v) is 3.33. The smallest absolute Gasteiger partial charge is 0.238 e. The number of benzene rings is 2. The lowest BCUT2D eigenvalue weighted by Crippen LogP contribution is -2.24. The van der Waals surface area contributed by atoms with E-state index in [2.05, 4.69) is 10.4 Å². The van der Waals surface area contributed by atoms with Crippen molar-refractivity contribution in [2.75, 3.05) is 5.32 Å². The third-order valence-electron chi connectivity index (χ3n) is 3.64. The first-order chi connectivity index (χ1) is 12.1. The predicted octanol–water partition coefficient (Wildman–Crippen LogP) is 4.70. The molecule has 0 unspecified atom stereocenters. The number of nitrogens with zero attached hydrogens (tertiary/aromatic N) is 2. The van der Waals surface area contributed by atoms with Gasteiger partial charge in [0.2, 0.25) is 5.91 Å². The zero-order valence-corrected chi connectivity index (χ0v) is 15.3. The Morgan fingerprint density at radius 3 is 2.60 bits per heavy atom. The SMILES string of the molecule is C[C@@H](Sc1ccccc1)C(=O)Nc1ccnn1Cc1ccc(Cl)cc1. The van der Waals surface area contributed by atoms with E-state index in [1.54, 1.807) is 16.9 Å². The van der Waals surface area contributed by atoms with Gasteiger partial charge in [0.05, 0.1) is 18.0 Å². The van der Waals surface area contributed by atoms with Crippen LogP contribution in [0.4, 0.5) is 5.82 Å². The molecule has 25 heavy (non-hydrogen) atoms. The standard InChI is InChI=1S/C19H18ClN3OS/c1-14(25-17-5-3-2-4-6-17)19(24)22-18-11-12-21-23(18)13-15-7-9-16(20)10-8-15/h2-12,14H,13H2,1H3,(H,22,24)/t14-/m1/s1. The Kier molecular flexibility index (Phi) is 5.79. The van der Waals surface area contributed by atoms with Gasteiger partial charge in [-0.15, -0.1) is 11.8 Å². The molecule has 0 saturated carbocycles. The van der Waals surface area contributed by atoms with Crippen molar-refractivity contribution in [3.8, 4) is 0 Å². The molecule has 0 spiro atoms. The van der Waals surface area contributed by atoms with E-state index in [0.29, 0.717) is 17.4 Å². The van der Waals surface area contributed by atoms with Gasteiger partial charge >= 0.3 is 0 Å². The quantitative estimate of drug-likeness (QED) is 0.638. The van der Waals surface area contributed by atoms with E-state index in [1.807, 2.05) is 61.5 Å². The molecule has 6 heteroatoms. The highest BCUT2D eigenvalue weighted by Crippen LogP contribution is 2.24. The summed E-state index contributed by atoms with van der Waals surface area (Å²) in [5, 5.41) is 7.74. The van der Waals surface area contributed by atoms with Crippen LogP contribution < -0.4 is 5.32 Å². The summed E-state index contributed by atoms with van der Waals surface area (Å²) in [4.78, 5) is 13.5. The van der Waals surface area contributed by atoms with Gasteiger partial charge in [0.25, 0.3) is 0 Å². The molecule has 0 aliphatic carbocycles. The topological polar surface area (TPSA) is 46.9 Å². The summed E-state index contributed by atoms with van der Waals surface area (Å²) in [6.45, 7) is 2.47. The highest BCUT2D eigenvalue weighted by Gasteiger charge is 2.16. The number of nitrogens with one attached hydrogen (secondary N) is 1. The highest BCUT2D eigenvalue weighted by atomic mass is 35.5. The molecule has 4 nitrogen and oxygen atoms in total. The van der Waals surface area contributed by atoms with Crippen LogP contribution in [0.3, 0.4) is 0 Å². The van der Waals surface area contributed by atoms with E-state index in [1.165, 1.54) is 11.8 Å². The molecule has 0 aliphatic heterocycles. The van der Waals surface area contributed by atoms with Gasteiger partial charge in [0, 0.05) is 16.0 Å². The molecule has 3 rings (SSSR count). The largest absolute Gasteiger partial charge is 0.310 e. The zero-order valence-electron chi connectivity index (χ0n) is 13.7. The van der Waals surface area contributed by atoms with E-state index in [4.69, 9.17) is 11.6 Å². The molecule has 1 heterocycles. The number of carbonyl (C=O) groups excluding carboxylic acids is 1. The summed E-state index contributed by atoms with van der Waals surface area (Å²) >= 11 is 7.44. The molecule has 128 valence electrons. The Morgan fingerprint density at radius 2 is 1.88 bits per heavy atom. The van der Waals surface area contributed by atoms with Gasteiger partial charge in [-0.25, -0.2) is 4.68 Å². The number of carbonyl (C=O) groups is 1. The molecule has 1 aromatic heterocycles. The van der Waals surface area contributed by atoms with E-state index >= 15 is 0 Å². The first-order valence-electron chi connectivity index (χ1n) is 7.90. The van der Waals surface area contributed by atoms with Crippen LogP contribution in [0.25, 0.3) is 0 Å². The number of hydrogen-bond donors (Lipinski definition) is 1. The van der Waals surface area contributed by atoms with Crippen LogP contribution in [-0.4, -0.2) is 20.9 Å². The minimum absolute atomic E-state index is 0.0493. The minimum Gasteiger partial charge on any atom is -0.310 e. The van der Waals surface area contributed by atoms with E-state index in [0.717, 1.165) is 10.5 Å². The van der Waals surface area contributed by atoms with Crippen molar-refractivity contribution in [1.29, 1.82) is 0 Å². The average Bonchev–Trinajstić information content (AvgIpc) is 3.04. The van der Waals surface area contributed by atoms with Crippen LogP contribution in [0.2, 0.25) is 5.02 Å². The molecule has 1 amide bonds. The molecule has 3 aromatic rings. The first-order valence-corrected chi connectivity index (χ1v) is 9.16. The van der Waals surface area contributed by atoms with Gasteiger partial charge in [-0.3, -0.25) is 4.79 Å². The minimum atomic E-state index is -0.207. The molecular weight excluding hydrogens is 354 g/mol. The zero-order chi connectivity index (χ0) is 17.6. The van der Waals surface area contributed by atoms with E-state index in [-0.39, 0.29) is 11.2 Å². The molecule has 0 fully saturated rings. The Balaban J connectivity index is 1.64. The Bertz CT molecular complexity index is 833. The van der Waals surface area contributed by atoms with Crippen molar-refractivity contribution < 1.29 is 4.79 Å². The van der Waals surface area contributed by atoms with E-state index < -0.39 is 0 Å². The Labute approximate surface area is 156 Å². The summed E-state index contributed by atoms with van der Waals surface area (Å²) in [5.41, 5.74) is 1.07. The second-order valence-corrected chi connectivity index (χ2v) is 7.41. The molecule has 2 aromatic carbocycles. The molecule has 0 saturated heterocycles. The molecule has 1 N–H and O–H groups in total. The number of anilines is 1. The number of amides is 1. The third kappa shape index (κ3) is 4.87. The van der Waals surface area contributed by atoms with Crippen molar-refractivity contribution in [1.82, 2.24) is 9.78 Å². The van der Waals surface area contributed by atoms with Crippen molar-refractivity contribution >= 4 is 35.1 Å². The van der Waals surface area contributed by atoms with Crippen LogP contribution in [0.1, 0.15) is 12.5 Å². The van der Waals surface area contributed by atoms with Gasteiger partial charge < -0.3 is 5.32 Å². The summed E-state index contributed by atoms with van der Waals surface area (Å²) in [6.07, 6.45) is 1.68. The van der Waals surface area contributed by atoms with Gasteiger partial charge in [-0.05, 0) is 36.8 Å². The molecule has 1 atom stereocenters. The van der Waals surface area contributed by atoms with Crippen molar-refractivity contribution in [2.45, 2.75) is 23.6 Å². The summed E-state index contributed by atoms with van der Waals surface area (Å²) in [6, 6.07) is 19.3. The lowest BCUT2D eigenvalue weighted by molar-refractivity contribution is -0.115. The number of halogens is 1. The fourth-order valence-electron chi connectivity index (χ4n) is 2.31. The predicted molar refractivity (Wildman–Crippen MR) is 103 cm³/mol. The normalized spacial score (nSPS) is 11.9. The van der Waals surface area contributed by atoms with Crippen LogP contribution in [0.15, 0.2) is 71.8 Å². The Morgan fingerprint density at radius 1 is 1.16 bits per heavy atom. The third-order valence-corrected chi connectivity index (χ3v) is 5.00. The summed E-state index contributed by atoms with van der Waals surface area (Å²) in [7, 11) is 0. The first kappa shape index (κ1) is 17.6. The molecule has 0 bridgehead atoms. The van der Waals surface area contributed by atoms with Gasteiger partial charge in [0.15, 0.2) is 0 Å². The number of thioether (sulfide) groups is 1. The maximum absolute atomic E-state index is 12.5. The average molecular weight is 372 g/mol. The molecule has 0 aliphatic rings. The van der Waals surface area contributed by atoms with Gasteiger partial charge in [0.1, 0.15) is 5.82 Å². The second kappa shape index (κ2) is 8.23. The fraction of sp³-hybridized carbons (Fsp3) is 0.158. The van der Waals surface area contributed by atoms with Gasteiger partial charge in [-0.2, -0.15) is 5.10 Å². The second-order valence-electron chi connectivity index (χ2n) is 5.56. The summed E-state index contributed by atoms with van der Waals surface area (Å²) < 4.78 is 1.76. The van der Waals surface area contributed by atoms with E-state index in [9.17, 15) is 4.79 Å². The van der Waals surface area contributed by atoms with Crippen molar-refractivity contribution in [3.63, 3.8) is 0 Å². The summed E-state index contributed by atoms with van der Waals surface area (Å²) in [5.74, 6) is 0.632. The molecule has 0 radical (unpaired) electrons. The maximum Gasteiger partial charge on any atom is 0.238 e. The van der Waals surface area contributed by atoms with Crippen LogP contribution in [-0.2, 0) is 11.3 Å². The lowest BCUT2D eigenvalue weighted by atomic mass is 10.2. The van der Waals surface area contributed by atoms with Gasteiger partial charge in [-0.1, -0.05) is 41.9 Å². The van der Waals surface area contributed by atoms with Crippen LogP contribution >= 0.6 is 23.4 Å². The van der Waals surface area contributed by atoms with Crippen molar-refractivity contribution in [2.24, 2.45) is 0 Å². The lowest BCUT2D eigenvalue weighted by Gasteiger charge is -2.13. The van der Waals surface area contributed by atoms with Crippen LogP contribution in [0.5, 0.6) is 0 Å². The Hall–Kier alpha value is -2.24. The maximum atomic E-state index is 12.5. The monoisotopic (exact) mass is 371 g/mol. The van der Waals surface area contributed by atoms with Crippen LogP contribution in [0, 0.1) is 0 Å². The van der Waals surface area contributed by atoms with Crippen molar-refractivity contribution in [3.05, 3.63) is 77.4 Å². The number of hydrogen-bond acceptors (Lipinski definition) is 3. The molecular formula is C19H18ClN3OS. The number of rotatable bonds is 6.